The second-order valence-corrected chi connectivity index (χ2v) is 4.84. The molecule has 0 fully saturated rings. The van der Waals surface area contributed by atoms with Crippen molar-refractivity contribution in [3.8, 4) is 5.75 Å². The van der Waals surface area contributed by atoms with E-state index in [4.69, 9.17) is 5.73 Å². The van der Waals surface area contributed by atoms with Gasteiger partial charge in [0.25, 0.3) is 0 Å². The highest BCUT2D eigenvalue weighted by Gasteiger charge is 2.35. The van der Waals surface area contributed by atoms with Crippen molar-refractivity contribution >= 4 is 5.91 Å². The SMILES string of the molecule is NC(=O)c1ccc(C(O)(CCO)c2[nH]ccc(=O)c2O)cc1. The van der Waals surface area contributed by atoms with Crippen molar-refractivity contribution in [2.45, 2.75) is 12.0 Å². The number of rotatable bonds is 5. The van der Waals surface area contributed by atoms with Gasteiger partial charge in [-0.2, -0.15) is 0 Å². The van der Waals surface area contributed by atoms with Crippen LogP contribution in [0.4, 0.5) is 0 Å². The minimum atomic E-state index is -1.81. The van der Waals surface area contributed by atoms with Crippen molar-refractivity contribution in [1.29, 1.82) is 0 Å². The van der Waals surface area contributed by atoms with Gasteiger partial charge in [-0.05, 0) is 17.7 Å². The van der Waals surface area contributed by atoms with Crippen molar-refractivity contribution in [2.75, 3.05) is 6.61 Å². The summed E-state index contributed by atoms with van der Waals surface area (Å²) in [6.45, 7) is -0.384. The predicted molar refractivity (Wildman–Crippen MR) is 78.4 cm³/mol. The van der Waals surface area contributed by atoms with Gasteiger partial charge in [0.15, 0.2) is 5.75 Å². The molecule has 7 heteroatoms. The number of H-pyrrole nitrogens is 1. The van der Waals surface area contributed by atoms with Gasteiger partial charge in [0, 0.05) is 30.9 Å². The van der Waals surface area contributed by atoms with Gasteiger partial charge in [0.2, 0.25) is 11.3 Å². The fourth-order valence-electron chi connectivity index (χ4n) is 2.27. The molecule has 1 aromatic heterocycles. The molecule has 22 heavy (non-hydrogen) atoms. The van der Waals surface area contributed by atoms with E-state index in [0.29, 0.717) is 5.56 Å². The molecule has 2 aromatic rings. The molecule has 0 saturated carbocycles. The summed E-state index contributed by atoms with van der Waals surface area (Å²) in [5.41, 5.74) is 3.12. The van der Waals surface area contributed by atoms with Crippen LogP contribution in [0, 0.1) is 0 Å². The topological polar surface area (TPSA) is 137 Å². The van der Waals surface area contributed by atoms with Crippen LogP contribution in [0.1, 0.15) is 28.0 Å². The van der Waals surface area contributed by atoms with Crippen LogP contribution in [-0.2, 0) is 5.60 Å². The monoisotopic (exact) mass is 304 g/mol. The molecule has 1 amide bonds. The summed E-state index contributed by atoms with van der Waals surface area (Å²) in [5.74, 6) is -1.24. The average Bonchev–Trinajstić information content (AvgIpc) is 2.50. The molecule has 0 spiro atoms. The van der Waals surface area contributed by atoms with Crippen molar-refractivity contribution in [3.63, 3.8) is 0 Å². The molecule has 2 rings (SSSR count). The molecule has 6 N–H and O–H groups in total. The number of aromatic nitrogens is 1. The lowest BCUT2D eigenvalue weighted by Gasteiger charge is -2.28. The first-order valence-corrected chi connectivity index (χ1v) is 6.55. The molecule has 1 atom stereocenters. The molecular weight excluding hydrogens is 288 g/mol. The fraction of sp³-hybridized carbons (Fsp3) is 0.200. The molecule has 0 aliphatic carbocycles. The highest BCUT2D eigenvalue weighted by Crippen LogP contribution is 2.34. The minimum absolute atomic E-state index is 0.124. The van der Waals surface area contributed by atoms with E-state index in [2.05, 4.69) is 4.98 Å². The first-order chi connectivity index (χ1) is 10.4. The highest BCUT2D eigenvalue weighted by molar-refractivity contribution is 5.92. The van der Waals surface area contributed by atoms with E-state index in [1.807, 2.05) is 0 Å². The van der Waals surface area contributed by atoms with E-state index >= 15 is 0 Å². The van der Waals surface area contributed by atoms with Crippen molar-refractivity contribution in [3.05, 3.63) is 63.6 Å². The second kappa shape index (κ2) is 6.00. The number of pyridine rings is 1. The highest BCUT2D eigenvalue weighted by atomic mass is 16.3. The summed E-state index contributed by atoms with van der Waals surface area (Å²) in [4.78, 5) is 25.3. The van der Waals surface area contributed by atoms with Gasteiger partial charge >= 0.3 is 0 Å². The standard InChI is InChI=1S/C15H16N2O5/c16-14(21)9-1-3-10(4-2-9)15(22,6-8-18)13-12(20)11(19)5-7-17-13/h1-5,7,18,20,22H,6,8H2,(H2,16,21)(H,17,19). The average molecular weight is 304 g/mol. The summed E-state index contributed by atoms with van der Waals surface area (Å²) >= 11 is 0. The lowest BCUT2D eigenvalue weighted by atomic mass is 9.86. The van der Waals surface area contributed by atoms with Crippen molar-refractivity contribution in [2.24, 2.45) is 5.73 Å². The van der Waals surface area contributed by atoms with E-state index in [1.165, 1.54) is 30.5 Å². The number of amides is 1. The Labute approximate surface area is 125 Å². The number of carbonyl (C=O) groups is 1. The summed E-state index contributed by atoms with van der Waals surface area (Å²) in [5, 5.41) is 30.0. The summed E-state index contributed by atoms with van der Waals surface area (Å²) in [6.07, 6.45) is 1.13. The minimum Gasteiger partial charge on any atom is -0.503 e. The number of aliphatic hydroxyl groups is 2. The number of hydrogen-bond acceptors (Lipinski definition) is 5. The lowest BCUT2D eigenvalue weighted by molar-refractivity contribution is 0.0444. The first-order valence-electron chi connectivity index (χ1n) is 6.55. The molecule has 7 nitrogen and oxygen atoms in total. The van der Waals surface area contributed by atoms with Gasteiger partial charge in [0.1, 0.15) is 5.60 Å². The number of benzene rings is 1. The Hall–Kier alpha value is -2.64. The summed E-state index contributed by atoms with van der Waals surface area (Å²) in [7, 11) is 0. The Morgan fingerprint density at radius 3 is 2.41 bits per heavy atom. The van der Waals surface area contributed by atoms with Crippen LogP contribution >= 0.6 is 0 Å². The Bertz CT molecular complexity index is 738. The largest absolute Gasteiger partial charge is 0.503 e. The molecule has 0 aliphatic heterocycles. The summed E-state index contributed by atoms with van der Waals surface area (Å²) in [6, 6.07) is 6.84. The number of nitrogens with one attached hydrogen (secondary N) is 1. The Morgan fingerprint density at radius 1 is 1.23 bits per heavy atom. The zero-order valence-electron chi connectivity index (χ0n) is 11.6. The Balaban J connectivity index is 2.59. The van der Waals surface area contributed by atoms with Crippen molar-refractivity contribution < 1.29 is 20.1 Å². The van der Waals surface area contributed by atoms with E-state index in [-0.39, 0.29) is 24.3 Å². The van der Waals surface area contributed by atoms with Crippen LogP contribution < -0.4 is 11.2 Å². The van der Waals surface area contributed by atoms with Crippen LogP contribution in [0.3, 0.4) is 0 Å². The van der Waals surface area contributed by atoms with Crippen LogP contribution in [0.5, 0.6) is 5.75 Å². The molecule has 0 radical (unpaired) electrons. The maximum absolute atomic E-state index is 11.6. The molecule has 0 bridgehead atoms. The fourth-order valence-corrected chi connectivity index (χ4v) is 2.27. The van der Waals surface area contributed by atoms with Gasteiger partial charge in [-0.15, -0.1) is 0 Å². The number of primary amides is 1. The zero-order valence-corrected chi connectivity index (χ0v) is 11.6. The first kappa shape index (κ1) is 15.7. The number of carbonyl (C=O) groups excluding carboxylic acids is 1. The van der Waals surface area contributed by atoms with Gasteiger partial charge in [0.05, 0.1) is 5.69 Å². The van der Waals surface area contributed by atoms with Crippen LogP contribution in [0.2, 0.25) is 0 Å². The molecule has 1 heterocycles. The van der Waals surface area contributed by atoms with Crippen molar-refractivity contribution in [1.82, 2.24) is 4.98 Å². The maximum atomic E-state index is 11.6. The quantitative estimate of drug-likeness (QED) is 0.521. The third-order valence-electron chi connectivity index (χ3n) is 3.47. The van der Waals surface area contributed by atoms with Crippen LogP contribution in [-0.4, -0.2) is 32.8 Å². The molecule has 1 aromatic carbocycles. The smallest absolute Gasteiger partial charge is 0.248 e. The van der Waals surface area contributed by atoms with Crippen LogP contribution in [0.25, 0.3) is 0 Å². The number of nitrogens with two attached hydrogens (primary N) is 1. The number of aromatic amines is 1. The number of hydrogen-bond donors (Lipinski definition) is 5. The normalized spacial score (nSPS) is 13.5. The molecule has 1 unspecified atom stereocenters. The maximum Gasteiger partial charge on any atom is 0.248 e. The molecule has 0 saturated heterocycles. The molecule has 0 aliphatic rings. The molecule has 116 valence electrons. The van der Waals surface area contributed by atoms with Gasteiger partial charge in [-0.25, -0.2) is 0 Å². The third kappa shape index (κ3) is 2.72. The second-order valence-electron chi connectivity index (χ2n) is 4.84. The molecular formula is C15H16N2O5. The predicted octanol–water partition coefficient (Wildman–Crippen LogP) is -0.202. The van der Waals surface area contributed by atoms with E-state index < -0.39 is 22.7 Å². The van der Waals surface area contributed by atoms with Gasteiger partial charge < -0.3 is 26.0 Å². The number of aliphatic hydroxyl groups excluding tert-OH is 1. The van der Waals surface area contributed by atoms with Crippen LogP contribution in [0.15, 0.2) is 41.3 Å². The van der Waals surface area contributed by atoms with Gasteiger partial charge in [-0.1, -0.05) is 12.1 Å². The van der Waals surface area contributed by atoms with E-state index in [0.717, 1.165) is 6.07 Å². The van der Waals surface area contributed by atoms with E-state index in [1.54, 1.807) is 0 Å². The Morgan fingerprint density at radius 2 is 1.86 bits per heavy atom. The number of aromatic hydroxyl groups is 1. The summed E-state index contributed by atoms with van der Waals surface area (Å²) < 4.78 is 0. The lowest BCUT2D eigenvalue weighted by Crippen LogP contribution is -2.31. The van der Waals surface area contributed by atoms with E-state index in [9.17, 15) is 24.9 Å². The third-order valence-corrected chi connectivity index (χ3v) is 3.47. The zero-order chi connectivity index (χ0) is 16.3. The van der Waals surface area contributed by atoms with Gasteiger partial charge in [-0.3, -0.25) is 9.59 Å². The Kier molecular flexibility index (Phi) is 4.30.